The van der Waals surface area contributed by atoms with Gasteiger partial charge in [0.05, 0.1) is 6.54 Å². The third kappa shape index (κ3) is 4.52. The molecule has 0 bridgehead atoms. The molecule has 0 heterocycles. The number of likely N-dealkylation sites (N-methyl/N-ethyl adjacent to an activating group) is 1. The highest BCUT2D eigenvalue weighted by molar-refractivity contribution is 5.78. The smallest absolute Gasteiger partial charge is 0.234 e. The molecule has 1 aliphatic carbocycles. The van der Waals surface area contributed by atoms with Gasteiger partial charge in [0, 0.05) is 6.04 Å². The minimum absolute atomic E-state index is 0.152. The second-order valence-corrected chi connectivity index (χ2v) is 4.76. The molecule has 94 valence electrons. The van der Waals surface area contributed by atoms with E-state index in [9.17, 15) is 4.79 Å². The number of nitrogens with one attached hydrogen (secondary N) is 2. The lowest BCUT2D eigenvalue weighted by atomic mass is 9.83. The molecule has 0 spiro atoms. The Morgan fingerprint density at radius 3 is 2.50 bits per heavy atom. The second-order valence-electron chi connectivity index (χ2n) is 4.76. The Balaban J connectivity index is 2.32. The molecule has 3 nitrogen and oxygen atoms in total. The number of amides is 1. The summed E-state index contributed by atoms with van der Waals surface area (Å²) < 4.78 is 0. The van der Waals surface area contributed by atoms with E-state index in [2.05, 4.69) is 17.6 Å². The average Bonchev–Trinajstić information content (AvgIpc) is 2.34. The van der Waals surface area contributed by atoms with Crippen LogP contribution in [0.5, 0.6) is 0 Å². The second kappa shape index (κ2) is 7.66. The molecule has 0 saturated heterocycles. The Morgan fingerprint density at radius 2 is 1.94 bits per heavy atom. The molecule has 1 amide bonds. The van der Waals surface area contributed by atoms with Crippen LogP contribution in [0.3, 0.4) is 0 Å². The number of hydrogen-bond acceptors (Lipinski definition) is 2. The number of carbonyl (C=O) groups excluding carboxylic acids is 1. The molecule has 0 radical (unpaired) electrons. The van der Waals surface area contributed by atoms with E-state index in [0.717, 1.165) is 13.0 Å². The summed E-state index contributed by atoms with van der Waals surface area (Å²) in [6, 6.07) is 0.395. The van der Waals surface area contributed by atoms with Crippen LogP contribution >= 0.6 is 0 Å². The van der Waals surface area contributed by atoms with Gasteiger partial charge in [-0.2, -0.15) is 0 Å². The van der Waals surface area contributed by atoms with Crippen molar-refractivity contribution in [3.63, 3.8) is 0 Å². The van der Waals surface area contributed by atoms with Crippen LogP contribution in [0.2, 0.25) is 0 Å². The van der Waals surface area contributed by atoms with E-state index < -0.39 is 0 Å². The van der Waals surface area contributed by atoms with Gasteiger partial charge in [0.15, 0.2) is 0 Å². The van der Waals surface area contributed by atoms with E-state index in [1.54, 1.807) is 0 Å². The summed E-state index contributed by atoms with van der Waals surface area (Å²) in [7, 11) is 0. The standard InChI is InChI=1S/C13H26N2O/c1-3-12(11-8-6-5-7-9-11)15-13(16)10-14-4-2/h11-12,14H,3-10H2,1-2H3,(H,15,16). The quantitative estimate of drug-likeness (QED) is 0.728. The first kappa shape index (κ1) is 13.5. The van der Waals surface area contributed by atoms with Gasteiger partial charge in [0.1, 0.15) is 0 Å². The first-order valence-electron chi connectivity index (χ1n) is 6.78. The maximum atomic E-state index is 11.6. The fourth-order valence-electron chi connectivity index (χ4n) is 2.59. The Hall–Kier alpha value is -0.570. The van der Waals surface area contributed by atoms with Gasteiger partial charge in [0.25, 0.3) is 0 Å². The summed E-state index contributed by atoms with van der Waals surface area (Å²) in [6.45, 7) is 5.51. The molecule has 16 heavy (non-hydrogen) atoms. The van der Waals surface area contributed by atoms with Crippen LogP contribution in [0.15, 0.2) is 0 Å². The van der Waals surface area contributed by atoms with E-state index >= 15 is 0 Å². The molecule has 1 atom stereocenters. The predicted octanol–water partition coefficient (Wildman–Crippen LogP) is 2.07. The Kier molecular flexibility index (Phi) is 6.46. The van der Waals surface area contributed by atoms with Crippen LogP contribution in [0, 0.1) is 5.92 Å². The van der Waals surface area contributed by atoms with Gasteiger partial charge in [-0.25, -0.2) is 0 Å². The van der Waals surface area contributed by atoms with Gasteiger partial charge in [-0.05, 0) is 31.7 Å². The lowest BCUT2D eigenvalue weighted by molar-refractivity contribution is -0.121. The summed E-state index contributed by atoms with van der Waals surface area (Å²) in [5.74, 6) is 0.864. The summed E-state index contributed by atoms with van der Waals surface area (Å²) in [5, 5.41) is 6.24. The Morgan fingerprint density at radius 1 is 1.25 bits per heavy atom. The zero-order valence-corrected chi connectivity index (χ0v) is 10.7. The van der Waals surface area contributed by atoms with Crippen molar-refractivity contribution in [2.45, 2.75) is 58.4 Å². The van der Waals surface area contributed by atoms with Crippen LogP contribution in [-0.2, 0) is 4.79 Å². The topological polar surface area (TPSA) is 41.1 Å². The summed E-state index contributed by atoms with van der Waals surface area (Å²) in [5.41, 5.74) is 0. The molecule has 1 aliphatic rings. The number of carbonyl (C=O) groups is 1. The lowest BCUT2D eigenvalue weighted by Crippen LogP contribution is -2.44. The molecule has 1 rings (SSSR count). The summed E-state index contributed by atoms with van der Waals surface area (Å²) in [6.07, 6.45) is 7.69. The van der Waals surface area contributed by atoms with Crippen molar-refractivity contribution in [2.75, 3.05) is 13.1 Å². The number of rotatable bonds is 6. The first-order valence-corrected chi connectivity index (χ1v) is 6.78. The van der Waals surface area contributed by atoms with Gasteiger partial charge in [-0.15, -0.1) is 0 Å². The Labute approximate surface area is 99.4 Å². The summed E-state index contributed by atoms with van der Waals surface area (Å²) in [4.78, 5) is 11.6. The first-order chi connectivity index (χ1) is 7.77. The van der Waals surface area contributed by atoms with E-state index in [1.165, 1.54) is 32.1 Å². The van der Waals surface area contributed by atoms with E-state index in [0.29, 0.717) is 18.5 Å². The minimum Gasteiger partial charge on any atom is -0.352 e. The molecule has 0 aromatic heterocycles. The van der Waals surface area contributed by atoms with Crippen LogP contribution in [0.1, 0.15) is 52.4 Å². The molecule has 0 aliphatic heterocycles. The van der Waals surface area contributed by atoms with Crippen LogP contribution in [0.25, 0.3) is 0 Å². The van der Waals surface area contributed by atoms with Crippen LogP contribution in [-0.4, -0.2) is 25.0 Å². The maximum absolute atomic E-state index is 11.6. The molecule has 0 aromatic rings. The van der Waals surface area contributed by atoms with Gasteiger partial charge in [0.2, 0.25) is 5.91 Å². The number of hydrogen-bond donors (Lipinski definition) is 2. The van der Waals surface area contributed by atoms with Crippen molar-refractivity contribution in [1.29, 1.82) is 0 Å². The fraction of sp³-hybridized carbons (Fsp3) is 0.923. The van der Waals surface area contributed by atoms with Crippen molar-refractivity contribution in [2.24, 2.45) is 5.92 Å². The normalized spacial score (nSPS) is 19.4. The Bertz CT molecular complexity index is 200. The predicted molar refractivity (Wildman–Crippen MR) is 67.3 cm³/mol. The largest absolute Gasteiger partial charge is 0.352 e. The molecular formula is C13H26N2O. The summed E-state index contributed by atoms with van der Waals surface area (Å²) >= 11 is 0. The van der Waals surface area contributed by atoms with E-state index in [4.69, 9.17) is 0 Å². The van der Waals surface area contributed by atoms with Crippen molar-refractivity contribution in [1.82, 2.24) is 10.6 Å². The van der Waals surface area contributed by atoms with Crippen molar-refractivity contribution >= 4 is 5.91 Å². The molecule has 2 N–H and O–H groups in total. The van der Waals surface area contributed by atoms with E-state index in [1.807, 2.05) is 6.92 Å². The van der Waals surface area contributed by atoms with Crippen molar-refractivity contribution in [3.05, 3.63) is 0 Å². The van der Waals surface area contributed by atoms with Crippen molar-refractivity contribution < 1.29 is 4.79 Å². The highest BCUT2D eigenvalue weighted by atomic mass is 16.1. The molecule has 3 heteroatoms. The van der Waals surface area contributed by atoms with Crippen LogP contribution in [0.4, 0.5) is 0 Å². The van der Waals surface area contributed by atoms with Gasteiger partial charge >= 0.3 is 0 Å². The molecular weight excluding hydrogens is 200 g/mol. The maximum Gasteiger partial charge on any atom is 0.234 e. The average molecular weight is 226 g/mol. The van der Waals surface area contributed by atoms with Crippen LogP contribution < -0.4 is 10.6 Å². The molecule has 1 fully saturated rings. The molecule has 0 aromatic carbocycles. The van der Waals surface area contributed by atoms with Gasteiger partial charge in [-0.3, -0.25) is 4.79 Å². The fourth-order valence-corrected chi connectivity index (χ4v) is 2.59. The minimum atomic E-state index is 0.152. The van der Waals surface area contributed by atoms with Crippen molar-refractivity contribution in [3.8, 4) is 0 Å². The lowest BCUT2D eigenvalue weighted by Gasteiger charge is -2.30. The van der Waals surface area contributed by atoms with Gasteiger partial charge in [-0.1, -0.05) is 33.1 Å². The van der Waals surface area contributed by atoms with E-state index in [-0.39, 0.29) is 5.91 Å². The zero-order chi connectivity index (χ0) is 11.8. The SMILES string of the molecule is CCNCC(=O)NC(CC)C1CCCCC1. The molecule has 1 saturated carbocycles. The third-order valence-corrected chi connectivity index (χ3v) is 3.54. The molecule has 1 unspecified atom stereocenters. The highest BCUT2D eigenvalue weighted by Gasteiger charge is 2.23. The zero-order valence-electron chi connectivity index (χ0n) is 10.7. The van der Waals surface area contributed by atoms with Gasteiger partial charge < -0.3 is 10.6 Å². The third-order valence-electron chi connectivity index (χ3n) is 3.54. The highest BCUT2D eigenvalue weighted by Crippen LogP contribution is 2.27. The monoisotopic (exact) mass is 226 g/mol.